The molecule has 2 bridgehead atoms. The first kappa shape index (κ1) is 47.1. The summed E-state index contributed by atoms with van der Waals surface area (Å²) in [5, 5.41) is 17.4. The summed E-state index contributed by atoms with van der Waals surface area (Å²) < 4.78 is 44.7. The van der Waals surface area contributed by atoms with E-state index in [9.17, 15) is 19.5 Å². The lowest BCUT2D eigenvalue weighted by atomic mass is 9.71. The number of benzene rings is 1. The van der Waals surface area contributed by atoms with Crippen LogP contribution in [0.25, 0.3) is 0 Å². The molecule has 0 saturated carbocycles. The van der Waals surface area contributed by atoms with Gasteiger partial charge in [0.15, 0.2) is 11.9 Å². The third-order valence-corrected chi connectivity index (χ3v) is 12.7. The van der Waals surface area contributed by atoms with Crippen LogP contribution >= 0.6 is 0 Å². The number of hydrogen-bond donors (Lipinski definition) is 3. The summed E-state index contributed by atoms with van der Waals surface area (Å²) in [5.41, 5.74) is -0.00619. The van der Waals surface area contributed by atoms with E-state index in [2.05, 4.69) is 36.0 Å². The minimum atomic E-state index is -1.26. The summed E-state index contributed by atoms with van der Waals surface area (Å²) in [5.74, 6) is 3.41. The SMILES string of the molecule is C=C1COC2[C@@H](C)C(=O)O[C@H](CC)[C@@]3(C)OC(=O)NC3[C@@H](C)/C(=C/COC(=O)NCC#Cc3ccccc3)[C@H](C)C[C@@](C)(OC1)[C@H](OC1O[C@H](C)C[C@H](N(C)C)[C@H]1O)[C@H]2C. The molecule has 1 aromatic rings. The van der Waals surface area contributed by atoms with Crippen molar-refractivity contribution in [3.63, 3.8) is 0 Å². The van der Waals surface area contributed by atoms with Gasteiger partial charge in [-0.25, -0.2) is 9.59 Å². The zero-order valence-electron chi connectivity index (χ0n) is 37.0. The number of nitrogens with zero attached hydrogens (tertiary/aromatic N) is 1. The number of esters is 1. The monoisotopic (exact) mass is 837 g/mol. The molecule has 4 aliphatic heterocycles. The van der Waals surface area contributed by atoms with Crippen molar-refractivity contribution in [2.45, 2.75) is 135 Å². The Morgan fingerprint density at radius 3 is 2.50 bits per heavy atom. The fraction of sp³-hybridized carbons (Fsp3) is 0.674. The average Bonchev–Trinajstić information content (AvgIpc) is 3.53. The molecule has 2 amide bonds. The third-order valence-electron chi connectivity index (χ3n) is 12.7. The van der Waals surface area contributed by atoms with Crippen molar-refractivity contribution in [3.8, 4) is 11.8 Å². The van der Waals surface area contributed by atoms with Gasteiger partial charge in [-0.1, -0.05) is 69.9 Å². The van der Waals surface area contributed by atoms with Gasteiger partial charge in [0.2, 0.25) is 0 Å². The largest absolute Gasteiger partial charge is 0.458 e. The van der Waals surface area contributed by atoms with E-state index >= 15 is 0 Å². The summed E-state index contributed by atoms with van der Waals surface area (Å²) >= 11 is 0. The minimum Gasteiger partial charge on any atom is -0.458 e. The standard InChI is InChI=1S/C46H67N3O11/c1-12-36-46(9)39(48-44(53)60-46)30(5)34(20-22-54-43(52)47-21-16-19-33-17-14-13-15-18-33)28(3)24-45(8)40(59-42-37(50)35(49(10)11)23-29(4)57-42)31(6)38(32(7)41(51)58-36)55-25-27(2)26-56-45/h13-15,17-18,20,28-32,35-40,42,50H,2,12,21-26H2,1,3-11H3,(H,47,52)(H,48,53)/b34-20+/t28-,29-,30+,31+,32-,35+,36-,37-,38?,39?,40-,42?,45-,46-/m1/s1. The zero-order chi connectivity index (χ0) is 43.9. The number of cyclic esters (lactones) is 1. The van der Waals surface area contributed by atoms with Gasteiger partial charge in [0.05, 0.1) is 55.6 Å². The molecular weight excluding hydrogens is 771 g/mol. The molecule has 0 aromatic heterocycles. The molecule has 14 nitrogen and oxygen atoms in total. The first-order valence-corrected chi connectivity index (χ1v) is 21.3. The molecule has 60 heavy (non-hydrogen) atoms. The topological polar surface area (TPSA) is 163 Å². The van der Waals surface area contributed by atoms with E-state index in [4.69, 9.17) is 33.2 Å². The fourth-order valence-electron chi connectivity index (χ4n) is 9.57. The number of likely N-dealkylation sites (N-methyl/N-ethyl adjacent to an activating group) is 1. The summed E-state index contributed by atoms with van der Waals surface area (Å²) in [6.07, 6.45) is -2.66. The van der Waals surface area contributed by atoms with Crippen LogP contribution in [-0.2, 0) is 38.0 Å². The third kappa shape index (κ3) is 10.9. The van der Waals surface area contributed by atoms with Crippen LogP contribution in [0.2, 0.25) is 0 Å². The number of hydrogen-bond acceptors (Lipinski definition) is 12. The Kier molecular flexibility index (Phi) is 15.9. The van der Waals surface area contributed by atoms with Gasteiger partial charge in [-0.05, 0) is 90.8 Å². The Hall–Kier alpha value is -3.97. The van der Waals surface area contributed by atoms with Crippen LogP contribution in [0, 0.1) is 35.5 Å². The molecule has 0 aliphatic carbocycles. The number of amides is 2. The van der Waals surface area contributed by atoms with E-state index < -0.39 is 83.9 Å². The number of rotatable bonds is 7. The maximum absolute atomic E-state index is 14.3. The molecule has 4 aliphatic rings. The summed E-state index contributed by atoms with van der Waals surface area (Å²) in [7, 11) is 3.84. The van der Waals surface area contributed by atoms with Gasteiger partial charge in [-0.3, -0.25) is 4.79 Å². The lowest BCUT2D eigenvalue weighted by Crippen LogP contribution is -2.60. The second-order valence-corrected chi connectivity index (χ2v) is 17.7. The van der Waals surface area contributed by atoms with Crippen molar-refractivity contribution in [1.29, 1.82) is 0 Å². The van der Waals surface area contributed by atoms with Crippen molar-refractivity contribution in [2.75, 3.05) is 40.5 Å². The zero-order valence-corrected chi connectivity index (χ0v) is 37.0. The van der Waals surface area contributed by atoms with Crippen LogP contribution in [-0.4, -0.2) is 129 Å². The maximum Gasteiger partial charge on any atom is 0.408 e. The maximum atomic E-state index is 14.3. The molecule has 14 atom stereocenters. The number of aliphatic hydroxyl groups excluding tert-OH is 1. The normalized spacial score (nSPS) is 38.5. The number of fused-ring (bicyclic) bond motifs is 4. The smallest absolute Gasteiger partial charge is 0.408 e. The molecule has 0 radical (unpaired) electrons. The predicted octanol–water partition coefficient (Wildman–Crippen LogP) is 5.37. The summed E-state index contributed by atoms with van der Waals surface area (Å²) in [4.78, 5) is 42.3. The van der Waals surface area contributed by atoms with Gasteiger partial charge in [-0.2, -0.15) is 0 Å². The average molecular weight is 838 g/mol. The molecule has 5 rings (SSSR count). The molecule has 14 heteroatoms. The molecule has 3 N–H and O–H groups in total. The number of alkyl carbamates (subject to hydrolysis) is 2. The Balaban J connectivity index is 1.55. The molecule has 1 aromatic carbocycles. The van der Waals surface area contributed by atoms with Gasteiger partial charge in [-0.15, -0.1) is 0 Å². The van der Waals surface area contributed by atoms with Crippen LogP contribution < -0.4 is 10.6 Å². The van der Waals surface area contributed by atoms with Crippen LogP contribution in [0.5, 0.6) is 0 Å². The summed E-state index contributed by atoms with van der Waals surface area (Å²) in [6, 6.07) is 8.59. The predicted molar refractivity (Wildman–Crippen MR) is 225 cm³/mol. The number of carbonyl (C=O) groups excluding carboxylic acids is 3. The number of ether oxygens (including phenoxy) is 7. The Labute approximate surface area is 356 Å². The fourth-order valence-corrected chi connectivity index (χ4v) is 9.57. The van der Waals surface area contributed by atoms with Crippen molar-refractivity contribution in [2.24, 2.45) is 23.7 Å². The molecule has 4 heterocycles. The minimum absolute atomic E-state index is 0.0869. The Morgan fingerprint density at radius 2 is 1.82 bits per heavy atom. The van der Waals surface area contributed by atoms with E-state index in [0.717, 1.165) is 11.1 Å². The van der Waals surface area contributed by atoms with Crippen molar-refractivity contribution in [3.05, 3.63) is 59.7 Å². The van der Waals surface area contributed by atoms with Crippen LogP contribution in [0.15, 0.2) is 54.1 Å². The van der Waals surface area contributed by atoms with E-state index in [-0.39, 0.29) is 44.4 Å². The van der Waals surface area contributed by atoms with Crippen molar-refractivity contribution >= 4 is 18.2 Å². The van der Waals surface area contributed by atoms with E-state index in [0.29, 0.717) is 24.8 Å². The van der Waals surface area contributed by atoms with Gasteiger partial charge in [0.25, 0.3) is 0 Å². The second kappa shape index (κ2) is 20.3. The number of carbonyl (C=O) groups is 3. The van der Waals surface area contributed by atoms with Gasteiger partial charge in [0.1, 0.15) is 18.8 Å². The van der Waals surface area contributed by atoms with E-state index in [1.807, 2.05) is 90.0 Å². The Bertz CT molecular complexity index is 1760. The first-order chi connectivity index (χ1) is 28.4. The highest BCUT2D eigenvalue weighted by Gasteiger charge is 2.57. The highest BCUT2D eigenvalue weighted by Crippen LogP contribution is 2.44. The van der Waals surface area contributed by atoms with Gasteiger partial charge >= 0.3 is 18.2 Å². The van der Waals surface area contributed by atoms with Gasteiger partial charge < -0.3 is 53.8 Å². The highest BCUT2D eigenvalue weighted by molar-refractivity contribution is 5.74. The molecule has 4 saturated heterocycles. The molecule has 332 valence electrons. The van der Waals surface area contributed by atoms with E-state index in [1.165, 1.54) is 0 Å². The van der Waals surface area contributed by atoms with Crippen molar-refractivity contribution in [1.82, 2.24) is 15.5 Å². The molecule has 0 spiro atoms. The molecular formula is C46H67N3O11. The lowest BCUT2D eigenvalue weighted by Gasteiger charge is -2.49. The van der Waals surface area contributed by atoms with Crippen LogP contribution in [0.4, 0.5) is 9.59 Å². The molecule has 4 fully saturated rings. The highest BCUT2D eigenvalue weighted by atomic mass is 16.7. The van der Waals surface area contributed by atoms with Crippen molar-refractivity contribution < 1.29 is 52.6 Å². The second-order valence-electron chi connectivity index (χ2n) is 17.7. The first-order valence-electron chi connectivity index (χ1n) is 21.3. The van der Waals surface area contributed by atoms with E-state index in [1.54, 1.807) is 13.8 Å². The molecule has 3 unspecified atom stereocenters. The van der Waals surface area contributed by atoms with Crippen LogP contribution in [0.3, 0.4) is 0 Å². The summed E-state index contributed by atoms with van der Waals surface area (Å²) in [6.45, 7) is 19.9. The lowest BCUT2D eigenvalue weighted by molar-refractivity contribution is -0.302. The number of nitrogens with one attached hydrogen (secondary N) is 2. The number of aliphatic hydroxyl groups is 1. The quantitative estimate of drug-likeness (QED) is 0.140. The van der Waals surface area contributed by atoms with Gasteiger partial charge in [0, 0.05) is 23.4 Å². The Morgan fingerprint density at radius 1 is 1.10 bits per heavy atom. The van der Waals surface area contributed by atoms with Crippen LogP contribution in [0.1, 0.15) is 80.2 Å².